The molecule has 1 N–H and O–H groups in total. The van der Waals surface area contributed by atoms with Crippen molar-refractivity contribution in [2.75, 3.05) is 5.48 Å². The molecular formula is C20H19NO. The van der Waals surface area contributed by atoms with Gasteiger partial charge in [0.1, 0.15) is 6.10 Å². The molecule has 2 nitrogen and oxygen atoms in total. The topological polar surface area (TPSA) is 21.3 Å². The number of benzene rings is 3. The van der Waals surface area contributed by atoms with Crippen LogP contribution in [-0.4, -0.2) is 6.10 Å². The van der Waals surface area contributed by atoms with Gasteiger partial charge in [0.2, 0.25) is 0 Å². The van der Waals surface area contributed by atoms with Gasteiger partial charge in [0.15, 0.2) is 0 Å². The fourth-order valence-corrected chi connectivity index (χ4v) is 2.32. The Hall–Kier alpha value is -2.58. The van der Waals surface area contributed by atoms with E-state index in [0.29, 0.717) is 0 Å². The van der Waals surface area contributed by atoms with E-state index in [1.807, 2.05) is 55.5 Å². The molecule has 0 aliphatic rings. The van der Waals surface area contributed by atoms with E-state index < -0.39 is 0 Å². The van der Waals surface area contributed by atoms with E-state index >= 15 is 0 Å². The van der Waals surface area contributed by atoms with E-state index in [4.69, 9.17) is 4.84 Å². The molecule has 3 rings (SSSR count). The van der Waals surface area contributed by atoms with Gasteiger partial charge in [-0.15, -0.1) is 0 Å². The minimum Gasteiger partial charge on any atom is -0.269 e. The highest BCUT2D eigenvalue weighted by atomic mass is 16.7. The molecule has 0 aromatic heterocycles. The van der Waals surface area contributed by atoms with Gasteiger partial charge in [-0.3, -0.25) is 10.3 Å². The first-order valence-corrected chi connectivity index (χ1v) is 7.45. The van der Waals surface area contributed by atoms with E-state index in [1.165, 1.54) is 10.9 Å². The Morgan fingerprint density at radius 2 is 1.59 bits per heavy atom. The third-order valence-corrected chi connectivity index (χ3v) is 3.50. The van der Waals surface area contributed by atoms with Crippen LogP contribution in [-0.2, 0) is 4.84 Å². The predicted octanol–water partition coefficient (Wildman–Crippen LogP) is 5.29. The number of anilines is 1. The Balaban J connectivity index is 1.65. The molecule has 22 heavy (non-hydrogen) atoms. The maximum Gasteiger partial charge on any atom is 0.101 e. The van der Waals surface area contributed by atoms with Crippen molar-refractivity contribution < 1.29 is 4.84 Å². The van der Waals surface area contributed by atoms with Gasteiger partial charge in [-0.25, -0.2) is 0 Å². The van der Waals surface area contributed by atoms with E-state index in [1.54, 1.807) is 0 Å². The molecule has 0 aliphatic heterocycles. The molecule has 0 saturated carbocycles. The monoisotopic (exact) mass is 289 g/mol. The SMILES string of the molecule is C[C@@H](/C=C/c1ccccc1)ONc1cccc2ccccc12. The van der Waals surface area contributed by atoms with Gasteiger partial charge in [0.25, 0.3) is 0 Å². The Kier molecular flexibility index (Phi) is 4.52. The Labute approximate surface area is 131 Å². The number of fused-ring (bicyclic) bond motifs is 1. The molecule has 0 amide bonds. The molecule has 110 valence electrons. The van der Waals surface area contributed by atoms with E-state index in [0.717, 1.165) is 11.1 Å². The predicted molar refractivity (Wildman–Crippen MR) is 93.6 cm³/mol. The summed E-state index contributed by atoms with van der Waals surface area (Å²) in [6, 6.07) is 24.6. The lowest BCUT2D eigenvalue weighted by molar-refractivity contribution is 0.153. The van der Waals surface area contributed by atoms with Crippen LogP contribution in [0.4, 0.5) is 5.69 Å². The minimum atomic E-state index is -0.0285. The molecule has 2 heteroatoms. The molecule has 0 radical (unpaired) electrons. The molecule has 1 atom stereocenters. The van der Waals surface area contributed by atoms with Crippen LogP contribution in [0.5, 0.6) is 0 Å². The van der Waals surface area contributed by atoms with Crippen LogP contribution in [0.1, 0.15) is 12.5 Å². The second kappa shape index (κ2) is 6.92. The van der Waals surface area contributed by atoms with Crippen molar-refractivity contribution in [1.82, 2.24) is 0 Å². The summed E-state index contributed by atoms with van der Waals surface area (Å²) in [6.45, 7) is 2.01. The van der Waals surface area contributed by atoms with Crippen LogP contribution in [0.2, 0.25) is 0 Å². The zero-order valence-corrected chi connectivity index (χ0v) is 12.6. The molecule has 0 heterocycles. The molecular weight excluding hydrogens is 270 g/mol. The summed E-state index contributed by atoms with van der Waals surface area (Å²) in [5.41, 5.74) is 5.23. The highest BCUT2D eigenvalue weighted by Gasteiger charge is 2.02. The third kappa shape index (κ3) is 3.54. The smallest absolute Gasteiger partial charge is 0.101 e. The Morgan fingerprint density at radius 1 is 0.864 bits per heavy atom. The summed E-state index contributed by atoms with van der Waals surface area (Å²) in [5.74, 6) is 0. The van der Waals surface area contributed by atoms with Gasteiger partial charge in [-0.05, 0) is 23.9 Å². The Bertz CT molecular complexity index is 760. The van der Waals surface area contributed by atoms with Crippen molar-refractivity contribution in [3.8, 4) is 0 Å². The normalized spacial score (nSPS) is 12.6. The standard InChI is InChI=1S/C20H19NO/c1-16(14-15-17-8-3-2-4-9-17)22-21-20-13-7-11-18-10-5-6-12-19(18)20/h2-16,21H,1H3/b15-14+/t16-/m0/s1. The largest absolute Gasteiger partial charge is 0.269 e. The van der Waals surface area contributed by atoms with Crippen LogP contribution >= 0.6 is 0 Å². The highest BCUT2D eigenvalue weighted by Crippen LogP contribution is 2.23. The maximum atomic E-state index is 5.72. The van der Waals surface area contributed by atoms with Gasteiger partial charge in [0.05, 0.1) is 5.69 Å². The van der Waals surface area contributed by atoms with Gasteiger partial charge in [-0.2, -0.15) is 0 Å². The lowest BCUT2D eigenvalue weighted by Crippen LogP contribution is -2.10. The lowest BCUT2D eigenvalue weighted by Gasteiger charge is -2.13. The quantitative estimate of drug-likeness (QED) is 0.645. The molecule has 0 bridgehead atoms. The van der Waals surface area contributed by atoms with Crippen molar-refractivity contribution >= 4 is 22.5 Å². The van der Waals surface area contributed by atoms with Crippen LogP contribution in [0.3, 0.4) is 0 Å². The second-order valence-electron chi connectivity index (χ2n) is 5.22. The summed E-state index contributed by atoms with van der Waals surface area (Å²) in [6.07, 6.45) is 4.07. The van der Waals surface area contributed by atoms with Gasteiger partial charge < -0.3 is 0 Å². The first-order chi connectivity index (χ1) is 10.8. The second-order valence-corrected chi connectivity index (χ2v) is 5.22. The first-order valence-electron chi connectivity index (χ1n) is 7.45. The molecule has 3 aromatic carbocycles. The number of hydrogen-bond donors (Lipinski definition) is 1. The van der Waals surface area contributed by atoms with Gasteiger partial charge in [0, 0.05) is 5.39 Å². The number of hydrogen-bond acceptors (Lipinski definition) is 2. The summed E-state index contributed by atoms with van der Waals surface area (Å²) < 4.78 is 0. The number of nitrogens with one attached hydrogen (secondary N) is 1. The van der Waals surface area contributed by atoms with Crippen molar-refractivity contribution in [1.29, 1.82) is 0 Å². The zero-order valence-electron chi connectivity index (χ0n) is 12.6. The molecule has 0 unspecified atom stereocenters. The van der Waals surface area contributed by atoms with Crippen molar-refractivity contribution in [3.63, 3.8) is 0 Å². The van der Waals surface area contributed by atoms with Gasteiger partial charge in [-0.1, -0.05) is 78.9 Å². The molecule has 0 fully saturated rings. The maximum absolute atomic E-state index is 5.72. The fraction of sp³-hybridized carbons (Fsp3) is 0.100. The van der Waals surface area contributed by atoms with E-state index in [-0.39, 0.29) is 6.10 Å². The lowest BCUT2D eigenvalue weighted by atomic mass is 10.1. The first kappa shape index (κ1) is 14.4. The summed E-state index contributed by atoms with van der Waals surface area (Å²) in [5, 5.41) is 2.35. The molecule has 0 spiro atoms. The number of rotatable bonds is 5. The van der Waals surface area contributed by atoms with Crippen molar-refractivity contribution in [2.24, 2.45) is 0 Å². The fourth-order valence-electron chi connectivity index (χ4n) is 2.32. The average molecular weight is 289 g/mol. The van der Waals surface area contributed by atoms with Crippen LogP contribution in [0.15, 0.2) is 78.9 Å². The van der Waals surface area contributed by atoms with Crippen LogP contribution < -0.4 is 5.48 Å². The van der Waals surface area contributed by atoms with E-state index in [9.17, 15) is 0 Å². The minimum absolute atomic E-state index is 0.0285. The average Bonchev–Trinajstić information content (AvgIpc) is 2.59. The van der Waals surface area contributed by atoms with Crippen LogP contribution in [0, 0.1) is 0 Å². The Morgan fingerprint density at radius 3 is 2.45 bits per heavy atom. The molecule has 0 aliphatic carbocycles. The van der Waals surface area contributed by atoms with Crippen molar-refractivity contribution in [2.45, 2.75) is 13.0 Å². The van der Waals surface area contributed by atoms with Crippen molar-refractivity contribution in [3.05, 3.63) is 84.4 Å². The molecule has 3 aromatic rings. The summed E-state index contributed by atoms with van der Waals surface area (Å²) >= 11 is 0. The van der Waals surface area contributed by atoms with E-state index in [2.05, 4.69) is 41.9 Å². The molecule has 0 saturated heterocycles. The third-order valence-electron chi connectivity index (χ3n) is 3.50. The summed E-state index contributed by atoms with van der Waals surface area (Å²) in [7, 11) is 0. The highest BCUT2D eigenvalue weighted by molar-refractivity contribution is 5.93. The van der Waals surface area contributed by atoms with Crippen LogP contribution in [0.25, 0.3) is 16.8 Å². The van der Waals surface area contributed by atoms with Gasteiger partial charge >= 0.3 is 0 Å². The summed E-state index contributed by atoms with van der Waals surface area (Å²) in [4.78, 5) is 5.72. The zero-order chi connectivity index (χ0) is 15.2.